The molecule has 1 saturated heterocycles. The zero-order valence-corrected chi connectivity index (χ0v) is 19.8. The quantitative estimate of drug-likeness (QED) is 0.396. The first kappa shape index (κ1) is 23.1. The van der Waals surface area contributed by atoms with E-state index in [9.17, 15) is 4.79 Å². The average molecular weight is 464 g/mol. The minimum absolute atomic E-state index is 0.0313. The van der Waals surface area contributed by atoms with Gasteiger partial charge in [0.05, 0.1) is 38.5 Å². The van der Waals surface area contributed by atoms with E-state index in [-0.39, 0.29) is 24.1 Å². The summed E-state index contributed by atoms with van der Waals surface area (Å²) in [7, 11) is 1.68. The van der Waals surface area contributed by atoms with E-state index in [0.717, 1.165) is 25.9 Å². The number of nitrogens with zero attached hydrogens (tertiary/aromatic N) is 1. The monoisotopic (exact) mass is 463 g/mol. The van der Waals surface area contributed by atoms with Crippen molar-refractivity contribution in [3.8, 4) is 11.1 Å². The van der Waals surface area contributed by atoms with Gasteiger partial charge in [0.2, 0.25) is 0 Å². The van der Waals surface area contributed by atoms with Gasteiger partial charge in [0, 0.05) is 19.6 Å². The SMILES string of the molecule is COCCOCCCC1=CC2COCC(C1)N2C(=O)OCC1c2ccccc2-c2ccccc21. The first-order chi connectivity index (χ1) is 16.8. The fourth-order valence-corrected chi connectivity index (χ4v) is 5.47. The van der Waals surface area contributed by atoms with Gasteiger partial charge in [0.1, 0.15) is 6.61 Å². The molecule has 2 heterocycles. The Hall–Kier alpha value is -2.67. The molecule has 0 radical (unpaired) electrons. The summed E-state index contributed by atoms with van der Waals surface area (Å²) in [6, 6.07) is 16.8. The molecule has 1 amide bonds. The maximum atomic E-state index is 13.2. The number of morpholine rings is 1. The Bertz CT molecular complexity index is 989. The minimum Gasteiger partial charge on any atom is -0.448 e. The Morgan fingerprint density at radius 1 is 1.00 bits per heavy atom. The summed E-state index contributed by atoms with van der Waals surface area (Å²) in [6.07, 6.45) is 4.75. The van der Waals surface area contributed by atoms with E-state index < -0.39 is 0 Å². The number of carbonyl (C=O) groups is 1. The summed E-state index contributed by atoms with van der Waals surface area (Å²) in [6.45, 7) is 3.40. The molecule has 0 aromatic heterocycles. The largest absolute Gasteiger partial charge is 0.448 e. The second kappa shape index (κ2) is 10.7. The Morgan fingerprint density at radius 2 is 1.74 bits per heavy atom. The van der Waals surface area contributed by atoms with Gasteiger partial charge in [0.25, 0.3) is 0 Å². The lowest BCUT2D eigenvalue weighted by Gasteiger charge is -2.44. The minimum atomic E-state index is -0.238. The van der Waals surface area contributed by atoms with Gasteiger partial charge in [-0.15, -0.1) is 0 Å². The molecule has 6 nitrogen and oxygen atoms in total. The fourth-order valence-electron chi connectivity index (χ4n) is 5.47. The van der Waals surface area contributed by atoms with Crippen LogP contribution in [0, 0.1) is 0 Å². The Kier molecular flexibility index (Phi) is 7.28. The van der Waals surface area contributed by atoms with Crippen molar-refractivity contribution in [1.29, 1.82) is 0 Å². The summed E-state index contributed by atoms with van der Waals surface area (Å²) in [5, 5.41) is 0. The lowest BCUT2D eigenvalue weighted by atomic mass is 9.92. The normalized spacial score (nSPS) is 21.1. The highest BCUT2D eigenvalue weighted by Crippen LogP contribution is 2.44. The number of hydrogen-bond donors (Lipinski definition) is 0. The standard InChI is InChI=1S/C28H33NO5/c1-31-13-14-32-12-6-7-20-15-21-17-33-18-22(16-20)29(21)28(30)34-19-27-25-10-4-2-8-23(25)24-9-3-5-11-26(24)27/h2-5,8-11,15,21-22,27H,6-7,12-14,16-19H2,1H3. The van der Waals surface area contributed by atoms with Gasteiger partial charge in [-0.05, 0) is 41.5 Å². The van der Waals surface area contributed by atoms with Crippen molar-refractivity contribution in [3.05, 3.63) is 71.3 Å². The van der Waals surface area contributed by atoms with Crippen LogP contribution in [0.1, 0.15) is 36.3 Å². The first-order valence-electron chi connectivity index (χ1n) is 12.2. The molecule has 2 aromatic rings. The van der Waals surface area contributed by atoms with Gasteiger partial charge in [0.15, 0.2) is 0 Å². The molecule has 2 aliphatic heterocycles. The molecule has 34 heavy (non-hydrogen) atoms. The Morgan fingerprint density at radius 3 is 2.44 bits per heavy atom. The van der Waals surface area contributed by atoms with E-state index >= 15 is 0 Å². The van der Waals surface area contributed by atoms with Gasteiger partial charge in [-0.25, -0.2) is 4.79 Å². The highest BCUT2D eigenvalue weighted by Gasteiger charge is 2.39. The number of carbonyl (C=O) groups excluding carboxylic acids is 1. The van der Waals surface area contributed by atoms with Crippen LogP contribution in [0.15, 0.2) is 60.2 Å². The van der Waals surface area contributed by atoms with Crippen LogP contribution in [0.3, 0.4) is 0 Å². The third kappa shape index (κ3) is 4.76. The molecule has 0 spiro atoms. The fraction of sp³-hybridized carbons (Fsp3) is 0.464. The van der Waals surface area contributed by atoms with Crippen molar-refractivity contribution in [2.24, 2.45) is 0 Å². The molecular weight excluding hydrogens is 430 g/mol. The smallest absolute Gasteiger partial charge is 0.410 e. The van der Waals surface area contributed by atoms with E-state index in [0.29, 0.717) is 33.0 Å². The molecule has 0 N–H and O–H groups in total. The number of fused-ring (bicyclic) bond motifs is 5. The zero-order valence-electron chi connectivity index (χ0n) is 19.8. The number of ether oxygens (including phenoxy) is 4. The molecule has 180 valence electrons. The highest BCUT2D eigenvalue weighted by atomic mass is 16.6. The Balaban J connectivity index is 1.21. The van der Waals surface area contributed by atoms with Crippen LogP contribution in [0.2, 0.25) is 0 Å². The van der Waals surface area contributed by atoms with Crippen molar-refractivity contribution in [1.82, 2.24) is 4.90 Å². The number of methoxy groups -OCH3 is 1. The van der Waals surface area contributed by atoms with E-state index in [1.54, 1.807) is 7.11 Å². The lowest BCUT2D eigenvalue weighted by molar-refractivity contribution is -0.0366. The van der Waals surface area contributed by atoms with Crippen molar-refractivity contribution >= 4 is 6.09 Å². The third-order valence-electron chi connectivity index (χ3n) is 7.04. The molecule has 2 unspecified atom stereocenters. The molecule has 1 fully saturated rings. The van der Waals surface area contributed by atoms with Crippen LogP contribution in [0.25, 0.3) is 11.1 Å². The van der Waals surface area contributed by atoms with Gasteiger partial charge in [-0.1, -0.05) is 60.2 Å². The summed E-state index contributed by atoms with van der Waals surface area (Å²) in [4.78, 5) is 15.1. The molecule has 1 aliphatic carbocycles. The molecule has 3 aliphatic rings. The highest BCUT2D eigenvalue weighted by molar-refractivity contribution is 5.79. The lowest BCUT2D eigenvalue weighted by Crippen LogP contribution is -2.56. The van der Waals surface area contributed by atoms with Crippen LogP contribution in [-0.2, 0) is 18.9 Å². The molecule has 5 rings (SSSR count). The van der Waals surface area contributed by atoms with Crippen molar-refractivity contribution in [3.63, 3.8) is 0 Å². The third-order valence-corrected chi connectivity index (χ3v) is 7.04. The predicted molar refractivity (Wildman–Crippen MR) is 130 cm³/mol. The zero-order chi connectivity index (χ0) is 23.3. The van der Waals surface area contributed by atoms with E-state index in [1.165, 1.54) is 27.8 Å². The molecule has 2 aromatic carbocycles. The summed E-state index contributed by atoms with van der Waals surface area (Å²) < 4.78 is 22.3. The van der Waals surface area contributed by atoms with Gasteiger partial charge in [-0.3, -0.25) is 4.90 Å². The molecule has 2 atom stereocenters. The molecule has 6 heteroatoms. The maximum Gasteiger partial charge on any atom is 0.410 e. The van der Waals surface area contributed by atoms with Crippen molar-refractivity contribution < 1.29 is 23.7 Å². The van der Waals surface area contributed by atoms with E-state index in [2.05, 4.69) is 54.6 Å². The Labute approximate surface area is 201 Å². The van der Waals surface area contributed by atoms with Crippen LogP contribution in [0.5, 0.6) is 0 Å². The summed E-state index contributed by atoms with van der Waals surface area (Å²) in [5.41, 5.74) is 6.32. The van der Waals surface area contributed by atoms with Crippen LogP contribution >= 0.6 is 0 Å². The molecule has 2 bridgehead atoms. The first-order valence-corrected chi connectivity index (χ1v) is 12.2. The number of hydrogen-bond acceptors (Lipinski definition) is 5. The number of rotatable bonds is 9. The predicted octanol–water partition coefficient (Wildman–Crippen LogP) is 4.78. The molecular formula is C28H33NO5. The second-order valence-electron chi connectivity index (χ2n) is 9.21. The summed E-state index contributed by atoms with van der Waals surface area (Å²) in [5.74, 6) is 0.0708. The van der Waals surface area contributed by atoms with Crippen LogP contribution in [-0.4, -0.2) is 69.8 Å². The average Bonchev–Trinajstić information content (AvgIpc) is 3.18. The number of benzene rings is 2. The summed E-state index contributed by atoms with van der Waals surface area (Å²) >= 11 is 0. The van der Waals surface area contributed by atoms with E-state index in [4.69, 9.17) is 18.9 Å². The van der Waals surface area contributed by atoms with Crippen LogP contribution < -0.4 is 0 Å². The van der Waals surface area contributed by atoms with Gasteiger partial charge in [-0.2, -0.15) is 0 Å². The number of amides is 1. The molecule has 0 saturated carbocycles. The van der Waals surface area contributed by atoms with Crippen molar-refractivity contribution in [2.75, 3.05) is 46.8 Å². The van der Waals surface area contributed by atoms with Crippen molar-refractivity contribution in [2.45, 2.75) is 37.3 Å². The second-order valence-corrected chi connectivity index (χ2v) is 9.21. The topological polar surface area (TPSA) is 57.2 Å². The van der Waals surface area contributed by atoms with Gasteiger partial charge >= 0.3 is 6.09 Å². The maximum absolute atomic E-state index is 13.2. The van der Waals surface area contributed by atoms with Gasteiger partial charge < -0.3 is 18.9 Å². The van der Waals surface area contributed by atoms with Crippen LogP contribution in [0.4, 0.5) is 4.79 Å². The van der Waals surface area contributed by atoms with E-state index in [1.807, 2.05) is 4.90 Å².